The van der Waals surface area contributed by atoms with Gasteiger partial charge in [0.15, 0.2) is 5.82 Å². The lowest BCUT2D eigenvalue weighted by Gasteiger charge is -2.39. The van der Waals surface area contributed by atoms with Crippen LogP contribution in [0.25, 0.3) is 11.0 Å². The second-order valence-electron chi connectivity index (χ2n) is 11.5. The number of nitrogens with one attached hydrogen (secondary N) is 1. The number of aromatic nitrogens is 2. The Kier molecular flexibility index (Phi) is 4.75. The van der Waals surface area contributed by atoms with Crippen LogP contribution in [0.2, 0.25) is 0 Å². The number of amides is 1. The highest BCUT2D eigenvalue weighted by atomic mass is 16.2. The largest absolute Gasteiger partial charge is 0.350 e. The topological polar surface area (TPSA) is 67.2 Å². The Bertz CT molecular complexity index is 1050. The van der Waals surface area contributed by atoms with Crippen LogP contribution >= 0.6 is 0 Å². The normalized spacial score (nSPS) is 25.5. The van der Waals surface area contributed by atoms with Crippen LogP contribution in [0.1, 0.15) is 60.8 Å². The third-order valence-electron chi connectivity index (χ3n) is 6.34. The molecule has 2 unspecified atom stereocenters. The SMILES string of the molecule is CC1(C)CC2CC(C)(CN2c2nc3ccccc3n(CC(=O)NC(C)(C)C)c2=O)C1. The van der Waals surface area contributed by atoms with Crippen molar-refractivity contribution in [1.29, 1.82) is 0 Å². The second-order valence-corrected chi connectivity index (χ2v) is 11.5. The smallest absolute Gasteiger partial charge is 0.294 e. The Morgan fingerprint density at radius 3 is 2.60 bits per heavy atom. The van der Waals surface area contributed by atoms with Crippen molar-refractivity contribution in [3.05, 3.63) is 34.6 Å². The summed E-state index contributed by atoms with van der Waals surface area (Å²) in [5, 5.41) is 2.97. The van der Waals surface area contributed by atoms with Crippen LogP contribution in [0.4, 0.5) is 5.82 Å². The second kappa shape index (κ2) is 6.82. The number of carbonyl (C=O) groups is 1. The minimum absolute atomic E-state index is 0.00654. The van der Waals surface area contributed by atoms with Gasteiger partial charge in [-0.3, -0.25) is 14.2 Å². The molecule has 162 valence electrons. The van der Waals surface area contributed by atoms with Gasteiger partial charge in [0, 0.05) is 18.1 Å². The van der Waals surface area contributed by atoms with E-state index in [4.69, 9.17) is 4.98 Å². The minimum atomic E-state index is -0.349. The van der Waals surface area contributed by atoms with E-state index in [1.165, 1.54) is 0 Å². The fourth-order valence-corrected chi connectivity index (χ4v) is 5.83. The maximum atomic E-state index is 13.6. The lowest BCUT2D eigenvalue weighted by molar-refractivity contribution is -0.123. The molecule has 1 saturated carbocycles. The van der Waals surface area contributed by atoms with Gasteiger partial charge in [0.2, 0.25) is 5.91 Å². The highest BCUT2D eigenvalue weighted by Crippen LogP contribution is 2.52. The highest BCUT2D eigenvalue weighted by Gasteiger charge is 2.50. The summed E-state index contributed by atoms with van der Waals surface area (Å²) in [6.45, 7) is 13.6. The molecule has 1 saturated heterocycles. The molecule has 1 amide bonds. The Morgan fingerprint density at radius 1 is 1.20 bits per heavy atom. The number of para-hydroxylation sites is 2. The van der Waals surface area contributed by atoms with Crippen LogP contribution < -0.4 is 15.8 Å². The lowest BCUT2D eigenvalue weighted by Crippen LogP contribution is -2.44. The maximum Gasteiger partial charge on any atom is 0.294 e. The molecule has 2 aliphatic rings. The van der Waals surface area contributed by atoms with Gasteiger partial charge in [0.1, 0.15) is 6.54 Å². The van der Waals surface area contributed by atoms with E-state index in [-0.39, 0.29) is 34.4 Å². The summed E-state index contributed by atoms with van der Waals surface area (Å²) in [7, 11) is 0. The summed E-state index contributed by atoms with van der Waals surface area (Å²) in [5.74, 6) is 0.323. The number of nitrogens with zero attached hydrogens (tertiary/aromatic N) is 3. The van der Waals surface area contributed by atoms with E-state index in [9.17, 15) is 9.59 Å². The summed E-state index contributed by atoms with van der Waals surface area (Å²) in [6, 6.07) is 7.91. The number of hydrogen-bond donors (Lipinski definition) is 1. The van der Waals surface area contributed by atoms with Crippen LogP contribution in [-0.2, 0) is 11.3 Å². The summed E-state index contributed by atoms with van der Waals surface area (Å²) >= 11 is 0. The van der Waals surface area contributed by atoms with Crippen LogP contribution in [0.3, 0.4) is 0 Å². The molecule has 2 fully saturated rings. The van der Waals surface area contributed by atoms with Crippen molar-refractivity contribution >= 4 is 22.8 Å². The van der Waals surface area contributed by atoms with E-state index in [0.717, 1.165) is 31.3 Å². The number of fused-ring (bicyclic) bond motifs is 3. The van der Waals surface area contributed by atoms with Crippen molar-refractivity contribution in [3.63, 3.8) is 0 Å². The number of carbonyl (C=O) groups excluding carboxylic acids is 1. The number of rotatable bonds is 3. The molecule has 6 nitrogen and oxygen atoms in total. The molecule has 2 heterocycles. The predicted octanol–water partition coefficient (Wildman–Crippen LogP) is 3.72. The molecule has 2 atom stereocenters. The molecular weight excluding hydrogens is 376 g/mol. The minimum Gasteiger partial charge on any atom is -0.350 e. The molecule has 6 heteroatoms. The van der Waals surface area contributed by atoms with Crippen LogP contribution in [-0.4, -0.2) is 33.6 Å². The maximum absolute atomic E-state index is 13.6. The first-order chi connectivity index (χ1) is 13.9. The van der Waals surface area contributed by atoms with E-state index in [1.54, 1.807) is 4.57 Å². The molecule has 1 aromatic carbocycles. The fraction of sp³-hybridized carbons (Fsp3) is 0.625. The Balaban J connectivity index is 1.78. The van der Waals surface area contributed by atoms with Gasteiger partial charge in [0.05, 0.1) is 11.0 Å². The average molecular weight is 411 g/mol. The molecule has 1 aliphatic carbocycles. The summed E-state index contributed by atoms with van der Waals surface area (Å²) < 4.78 is 1.59. The fourth-order valence-electron chi connectivity index (χ4n) is 5.83. The van der Waals surface area contributed by atoms with Gasteiger partial charge in [-0.05, 0) is 63.0 Å². The van der Waals surface area contributed by atoms with E-state index in [0.29, 0.717) is 17.4 Å². The first-order valence-corrected chi connectivity index (χ1v) is 10.9. The van der Waals surface area contributed by atoms with Crippen molar-refractivity contribution in [2.45, 2.75) is 78.9 Å². The summed E-state index contributed by atoms with van der Waals surface area (Å²) in [4.78, 5) is 33.3. The van der Waals surface area contributed by atoms with E-state index < -0.39 is 0 Å². The van der Waals surface area contributed by atoms with E-state index >= 15 is 0 Å². The van der Waals surface area contributed by atoms with E-state index in [1.807, 2.05) is 45.0 Å². The molecule has 1 N–H and O–H groups in total. The molecule has 0 spiro atoms. The number of anilines is 1. The molecule has 2 bridgehead atoms. The highest BCUT2D eigenvalue weighted by molar-refractivity contribution is 5.81. The van der Waals surface area contributed by atoms with Gasteiger partial charge in [-0.1, -0.05) is 32.9 Å². The third kappa shape index (κ3) is 3.96. The zero-order valence-electron chi connectivity index (χ0n) is 19.1. The molecular formula is C24H34N4O2. The Hall–Kier alpha value is -2.37. The standard InChI is InChI=1S/C24H34N4O2/c1-22(2,3)26-19(29)13-27-18-10-8-7-9-17(18)25-20(21(27)30)28-15-24(6)12-16(28)11-23(4,5)14-24/h7-10,16H,11-15H2,1-6H3,(H,26,29). The van der Waals surface area contributed by atoms with Crippen LogP contribution in [0, 0.1) is 10.8 Å². The quantitative estimate of drug-likeness (QED) is 0.838. The molecule has 30 heavy (non-hydrogen) atoms. The monoisotopic (exact) mass is 410 g/mol. The molecule has 4 rings (SSSR count). The summed E-state index contributed by atoms with van der Waals surface area (Å²) in [5.41, 5.74) is 1.38. The summed E-state index contributed by atoms with van der Waals surface area (Å²) in [6.07, 6.45) is 3.30. The first kappa shape index (κ1) is 20.9. The van der Waals surface area contributed by atoms with Gasteiger partial charge < -0.3 is 10.2 Å². The van der Waals surface area contributed by atoms with Gasteiger partial charge in [0.25, 0.3) is 5.56 Å². The molecule has 1 aliphatic heterocycles. The van der Waals surface area contributed by atoms with Crippen molar-refractivity contribution < 1.29 is 4.79 Å². The van der Waals surface area contributed by atoms with Gasteiger partial charge in [-0.15, -0.1) is 0 Å². The zero-order valence-corrected chi connectivity index (χ0v) is 19.1. The number of hydrogen-bond acceptors (Lipinski definition) is 4. The predicted molar refractivity (Wildman–Crippen MR) is 121 cm³/mol. The first-order valence-electron chi connectivity index (χ1n) is 10.9. The van der Waals surface area contributed by atoms with Crippen molar-refractivity contribution in [2.24, 2.45) is 10.8 Å². The average Bonchev–Trinajstić information content (AvgIpc) is 2.84. The third-order valence-corrected chi connectivity index (χ3v) is 6.34. The zero-order chi connectivity index (χ0) is 21.9. The van der Waals surface area contributed by atoms with Crippen LogP contribution in [0.5, 0.6) is 0 Å². The number of benzene rings is 1. The van der Waals surface area contributed by atoms with Crippen molar-refractivity contribution in [3.8, 4) is 0 Å². The molecule has 0 radical (unpaired) electrons. The molecule has 1 aromatic heterocycles. The Morgan fingerprint density at radius 2 is 1.90 bits per heavy atom. The van der Waals surface area contributed by atoms with Gasteiger partial charge in [-0.2, -0.15) is 0 Å². The van der Waals surface area contributed by atoms with E-state index in [2.05, 4.69) is 31.0 Å². The Labute approximate surface area is 178 Å². The van der Waals surface area contributed by atoms with Crippen LogP contribution in [0.15, 0.2) is 29.1 Å². The van der Waals surface area contributed by atoms with Gasteiger partial charge in [-0.25, -0.2) is 4.98 Å². The van der Waals surface area contributed by atoms with Crippen molar-refractivity contribution in [2.75, 3.05) is 11.4 Å². The molecule has 2 aromatic rings. The van der Waals surface area contributed by atoms with Gasteiger partial charge >= 0.3 is 0 Å². The van der Waals surface area contributed by atoms with Crippen molar-refractivity contribution in [1.82, 2.24) is 14.9 Å². The lowest BCUT2D eigenvalue weighted by atomic mass is 9.65.